The third-order valence-electron chi connectivity index (χ3n) is 3.27. The molecule has 0 saturated carbocycles. The fraction of sp³-hybridized carbons (Fsp3) is 0.0500. The number of rotatable bonds is 6. The smallest absolute Gasteiger partial charge is 0.128 e. The van der Waals surface area contributed by atoms with Crippen molar-refractivity contribution < 1.29 is 4.74 Å². The van der Waals surface area contributed by atoms with Crippen LogP contribution in [0.15, 0.2) is 90.0 Å². The molecule has 3 aromatic carbocycles. The monoisotopic (exact) mass is 302 g/mol. The lowest BCUT2D eigenvalue weighted by Gasteiger charge is -2.06. The average Bonchev–Trinajstić information content (AvgIpc) is 2.61. The predicted octanol–water partition coefficient (Wildman–Crippen LogP) is 4.60. The summed E-state index contributed by atoms with van der Waals surface area (Å²) in [7, 11) is 0. The van der Waals surface area contributed by atoms with Crippen LogP contribution in [0.5, 0.6) is 11.5 Å². The van der Waals surface area contributed by atoms with Crippen molar-refractivity contribution in [2.75, 3.05) is 0 Å². The average molecular weight is 302 g/mol. The molecule has 23 heavy (non-hydrogen) atoms. The van der Waals surface area contributed by atoms with Crippen molar-refractivity contribution >= 4 is 6.21 Å². The topological polar surface area (TPSA) is 33.6 Å². The highest BCUT2D eigenvalue weighted by molar-refractivity contribution is 5.80. The minimum absolute atomic E-state index is 0.706. The van der Waals surface area contributed by atoms with Crippen molar-refractivity contribution in [3.8, 4) is 11.5 Å². The van der Waals surface area contributed by atoms with Crippen LogP contribution in [-0.4, -0.2) is 6.21 Å². The largest absolute Gasteiger partial charge is 0.457 e. The third kappa shape index (κ3) is 4.71. The fourth-order valence-electron chi connectivity index (χ4n) is 2.14. The lowest BCUT2D eigenvalue weighted by Crippen LogP contribution is -2.05. The van der Waals surface area contributed by atoms with Crippen LogP contribution in [0.3, 0.4) is 0 Å². The van der Waals surface area contributed by atoms with E-state index in [4.69, 9.17) is 4.74 Å². The summed E-state index contributed by atoms with van der Waals surface area (Å²) in [6, 6.07) is 27.8. The number of hydrogen-bond acceptors (Lipinski definition) is 3. The Morgan fingerprint density at radius 2 is 1.48 bits per heavy atom. The molecule has 0 bridgehead atoms. The Hall–Kier alpha value is -3.07. The molecule has 0 aromatic heterocycles. The van der Waals surface area contributed by atoms with E-state index in [2.05, 4.69) is 22.7 Å². The molecule has 0 aliphatic rings. The van der Waals surface area contributed by atoms with Gasteiger partial charge < -0.3 is 10.2 Å². The first-order valence-electron chi connectivity index (χ1n) is 7.53. The molecular formula is C20H18N2O. The molecule has 0 aliphatic heterocycles. The Labute approximate surface area is 136 Å². The van der Waals surface area contributed by atoms with Gasteiger partial charge >= 0.3 is 0 Å². The highest BCUT2D eigenvalue weighted by atomic mass is 16.5. The molecule has 0 heterocycles. The van der Waals surface area contributed by atoms with Crippen LogP contribution in [0.1, 0.15) is 11.1 Å². The summed E-state index contributed by atoms with van der Waals surface area (Å²) in [5.41, 5.74) is 5.23. The van der Waals surface area contributed by atoms with Crippen LogP contribution >= 0.6 is 0 Å². The summed E-state index contributed by atoms with van der Waals surface area (Å²) in [5, 5.41) is 4.25. The van der Waals surface area contributed by atoms with Crippen LogP contribution in [0.2, 0.25) is 0 Å². The van der Waals surface area contributed by atoms with E-state index in [1.807, 2.05) is 72.8 Å². The van der Waals surface area contributed by atoms with E-state index in [-0.39, 0.29) is 0 Å². The second kappa shape index (κ2) is 7.80. The second-order valence-corrected chi connectivity index (χ2v) is 5.07. The van der Waals surface area contributed by atoms with Crippen molar-refractivity contribution in [1.29, 1.82) is 0 Å². The number of para-hydroxylation sites is 1. The number of nitrogens with one attached hydrogen (secondary N) is 1. The summed E-state index contributed by atoms with van der Waals surface area (Å²) in [6.07, 6.45) is 1.79. The van der Waals surface area contributed by atoms with E-state index in [0.717, 1.165) is 17.1 Å². The second-order valence-electron chi connectivity index (χ2n) is 5.07. The van der Waals surface area contributed by atoms with Crippen LogP contribution < -0.4 is 10.2 Å². The van der Waals surface area contributed by atoms with Gasteiger partial charge in [0.15, 0.2) is 0 Å². The maximum Gasteiger partial charge on any atom is 0.128 e. The van der Waals surface area contributed by atoms with E-state index in [1.165, 1.54) is 5.56 Å². The number of hydrogen-bond donors (Lipinski definition) is 1. The van der Waals surface area contributed by atoms with Crippen LogP contribution in [0.4, 0.5) is 0 Å². The molecule has 1 N–H and O–H groups in total. The normalized spacial score (nSPS) is 10.6. The van der Waals surface area contributed by atoms with Crippen molar-refractivity contribution in [2.45, 2.75) is 6.54 Å². The summed E-state index contributed by atoms with van der Waals surface area (Å²) in [6.45, 7) is 0.706. The maximum atomic E-state index is 5.81. The Morgan fingerprint density at radius 3 is 2.26 bits per heavy atom. The Balaban J connectivity index is 1.58. The first kappa shape index (κ1) is 14.9. The predicted molar refractivity (Wildman–Crippen MR) is 93.8 cm³/mol. The zero-order valence-electron chi connectivity index (χ0n) is 12.7. The third-order valence-corrected chi connectivity index (χ3v) is 3.27. The number of hydrazone groups is 1. The van der Waals surface area contributed by atoms with Gasteiger partial charge in [-0.25, -0.2) is 0 Å². The molecule has 0 fully saturated rings. The molecular weight excluding hydrogens is 284 g/mol. The summed E-state index contributed by atoms with van der Waals surface area (Å²) >= 11 is 0. The van der Waals surface area contributed by atoms with Gasteiger partial charge in [0.1, 0.15) is 11.5 Å². The van der Waals surface area contributed by atoms with Crippen LogP contribution in [0.25, 0.3) is 0 Å². The summed E-state index contributed by atoms with van der Waals surface area (Å²) in [5.74, 6) is 1.62. The minimum atomic E-state index is 0.706. The van der Waals surface area contributed by atoms with Crippen molar-refractivity contribution in [3.05, 3.63) is 96.1 Å². The number of benzene rings is 3. The van der Waals surface area contributed by atoms with Gasteiger partial charge in [-0.15, -0.1) is 0 Å². The molecule has 0 amide bonds. The highest BCUT2D eigenvalue weighted by Gasteiger charge is 1.97. The molecule has 0 aliphatic carbocycles. The maximum absolute atomic E-state index is 5.81. The Bertz CT molecular complexity index is 755. The van der Waals surface area contributed by atoms with Gasteiger partial charge in [0.05, 0.1) is 12.8 Å². The standard InChI is InChI=1S/C20H18N2O/c1-3-8-17(9-4-1)15-21-22-16-18-10-7-13-20(14-18)23-19-11-5-2-6-12-19/h1-14,16,21H,15H2. The van der Waals surface area contributed by atoms with Gasteiger partial charge in [-0.2, -0.15) is 5.10 Å². The van der Waals surface area contributed by atoms with Crippen molar-refractivity contribution in [2.24, 2.45) is 5.10 Å². The quantitative estimate of drug-likeness (QED) is 0.533. The first-order chi connectivity index (χ1) is 11.4. The van der Waals surface area contributed by atoms with Gasteiger partial charge in [0.25, 0.3) is 0 Å². The molecule has 3 heteroatoms. The lowest BCUT2D eigenvalue weighted by atomic mass is 10.2. The van der Waals surface area contributed by atoms with Crippen LogP contribution in [-0.2, 0) is 6.54 Å². The van der Waals surface area contributed by atoms with E-state index in [1.54, 1.807) is 6.21 Å². The van der Waals surface area contributed by atoms with E-state index in [0.29, 0.717) is 6.54 Å². The highest BCUT2D eigenvalue weighted by Crippen LogP contribution is 2.21. The molecule has 0 spiro atoms. The molecule has 0 radical (unpaired) electrons. The number of nitrogens with zero attached hydrogens (tertiary/aromatic N) is 1. The molecule has 114 valence electrons. The SMILES string of the molecule is C(=NNCc1ccccc1)c1cccc(Oc2ccccc2)c1. The zero-order valence-corrected chi connectivity index (χ0v) is 12.7. The van der Waals surface area contributed by atoms with Gasteiger partial charge in [-0.05, 0) is 35.4 Å². The first-order valence-corrected chi connectivity index (χ1v) is 7.53. The van der Waals surface area contributed by atoms with E-state index in [9.17, 15) is 0 Å². The zero-order chi connectivity index (χ0) is 15.7. The molecule has 3 nitrogen and oxygen atoms in total. The molecule has 0 saturated heterocycles. The Kier molecular flexibility index (Phi) is 5.04. The molecule has 3 aromatic rings. The Morgan fingerprint density at radius 1 is 0.783 bits per heavy atom. The van der Waals surface area contributed by atoms with Gasteiger partial charge in [0.2, 0.25) is 0 Å². The van der Waals surface area contributed by atoms with Crippen molar-refractivity contribution in [1.82, 2.24) is 5.43 Å². The summed E-state index contributed by atoms with van der Waals surface area (Å²) < 4.78 is 5.81. The van der Waals surface area contributed by atoms with Gasteiger partial charge in [-0.3, -0.25) is 0 Å². The van der Waals surface area contributed by atoms with E-state index >= 15 is 0 Å². The minimum Gasteiger partial charge on any atom is -0.457 e. The summed E-state index contributed by atoms with van der Waals surface area (Å²) in [4.78, 5) is 0. The fourth-order valence-corrected chi connectivity index (χ4v) is 2.14. The number of ether oxygens (including phenoxy) is 1. The van der Waals surface area contributed by atoms with Gasteiger partial charge in [0, 0.05) is 0 Å². The lowest BCUT2D eigenvalue weighted by molar-refractivity contribution is 0.482. The molecule has 0 atom stereocenters. The van der Waals surface area contributed by atoms with E-state index < -0.39 is 0 Å². The molecule has 0 unspecified atom stereocenters. The van der Waals surface area contributed by atoms with Crippen LogP contribution in [0, 0.1) is 0 Å². The molecule has 3 rings (SSSR count). The van der Waals surface area contributed by atoms with Gasteiger partial charge in [-0.1, -0.05) is 60.7 Å². The van der Waals surface area contributed by atoms with Crippen molar-refractivity contribution in [3.63, 3.8) is 0 Å².